The van der Waals surface area contributed by atoms with E-state index < -0.39 is 5.91 Å². The normalized spacial score (nSPS) is 10.4. The molecule has 3 heterocycles. The smallest absolute Gasteiger partial charge is 0.278 e. The molecule has 0 aliphatic rings. The second-order valence-electron chi connectivity index (χ2n) is 3.96. The quantitative estimate of drug-likeness (QED) is 0.766. The topological polar surface area (TPSA) is 96.5 Å². The van der Waals surface area contributed by atoms with Crippen LogP contribution in [0.4, 0.5) is 5.95 Å². The molecule has 3 rings (SSSR count). The summed E-state index contributed by atoms with van der Waals surface area (Å²) in [5, 5.41) is 9.31. The second-order valence-corrected chi connectivity index (χ2v) is 5.25. The minimum atomic E-state index is -0.397. The lowest BCUT2D eigenvalue weighted by atomic mass is 10.4. The van der Waals surface area contributed by atoms with Crippen LogP contribution < -0.4 is 5.32 Å². The van der Waals surface area contributed by atoms with E-state index in [-0.39, 0.29) is 11.6 Å². The molecule has 0 bridgehead atoms. The van der Waals surface area contributed by atoms with Crippen molar-refractivity contribution in [3.63, 3.8) is 0 Å². The third-order valence-corrected chi connectivity index (χ3v) is 3.49. The first kappa shape index (κ1) is 12.4. The number of aromatic nitrogens is 5. The largest absolute Gasteiger partial charge is 0.288 e. The first-order valence-corrected chi connectivity index (χ1v) is 6.60. The number of anilines is 1. The van der Waals surface area contributed by atoms with Gasteiger partial charge in [-0.15, -0.1) is 16.4 Å². The van der Waals surface area contributed by atoms with Crippen molar-refractivity contribution in [2.45, 2.75) is 6.92 Å². The van der Waals surface area contributed by atoms with E-state index in [9.17, 15) is 4.79 Å². The monoisotopic (exact) mass is 286 g/mol. The number of aromatic amines is 1. The minimum Gasteiger partial charge on any atom is -0.288 e. The molecular formula is C12H10N6OS. The average molecular weight is 286 g/mol. The van der Waals surface area contributed by atoms with Crippen LogP contribution in [0.3, 0.4) is 0 Å². The number of amides is 1. The number of hydrogen-bond acceptors (Lipinski definition) is 6. The Labute approximate surface area is 118 Å². The lowest BCUT2D eigenvalue weighted by Gasteiger charge is -1.98. The molecule has 0 aliphatic carbocycles. The Morgan fingerprint density at radius 2 is 2.25 bits per heavy atom. The predicted octanol–water partition coefficient (Wildman–Crippen LogP) is 1.88. The third-order valence-electron chi connectivity index (χ3n) is 2.48. The van der Waals surface area contributed by atoms with Crippen LogP contribution >= 0.6 is 11.3 Å². The van der Waals surface area contributed by atoms with Crippen LogP contribution in [0.2, 0.25) is 0 Å². The van der Waals surface area contributed by atoms with Crippen LogP contribution in [-0.2, 0) is 0 Å². The van der Waals surface area contributed by atoms with Gasteiger partial charge in [0.25, 0.3) is 5.91 Å². The summed E-state index contributed by atoms with van der Waals surface area (Å²) in [6, 6.07) is 3.95. The van der Waals surface area contributed by atoms with Crippen molar-refractivity contribution in [3.05, 3.63) is 41.3 Å². The van der Waals surface area contributed by atoms with E-state index in [2.05, 4.69) is 30.5 Å². The van der Waals surface area contributed by atoms with Crippen LogP contribution in [0, 0.1) is 6.92 Å². The number of H-pyrrole nitrogens is 1. The van der Waals surface area contributed by atoms with Crippen molar-refractivity contribution in [1.82, 2.24) is 25.1 Å². The van der Waals surface area contributed by atoms with E-state index in [0.29, 0.717) is 5.82 Å². The molecule has 0 saturated heterocycles. The highest BCUT2D eigenvalue weighted by Gasteiger charge is 2.12. The fourth-order valence-electron chi connectivity index (χ4n) is 1.57. The number of aryl methyl sites for hydroxylation is 1. The zero-order valence-electron chi connectivity index (χ0n) is 10.5. The van der Waals surface area contributed by atoms with Gasteiger partial charge in [0.15, 0.2) is 5.82 Å². The van der Waals surface area contributed by atoms with E-state index in [1.165, 1.54) is 23.5 Å². The van der Waals surface area contributed by atoms with Crippen molar-refractivity contribution in [2.75, 3.05) is 5.32 Å². The predicted molar refractivity (Wildman–Crippen MR) is 74.4 cm³/mol. The summed E-state index contributed by atoms with van der Waals surface area (Å²) in [5.74, 6) is 0.435. The molecule has 0 unspecified atom stereocenters. The molecule has 3 aromatic rings. The maximum atomic E-state index is 11.9. The lowest BCUT2D eigenvalue weighted by Crippen LogP contribution is -2.14. The van der Waals surface area contributed by atoms with Crippen LogP contribution in [0.5, 0.6) is 0 Å². The molecule has 100 valence electrons. The second kappa shape index (κ2) is 5.17. The number of nitrogens with one attached hydrogen (secondary N) is 2. The van der Waals surface area contributed by atoms with Gasteiger partial charge in [-0.3, -0.25) is 20.2 Å². The zero-order chi connectivity index (χ0) is 13.9. The van der Waals surface area contributed by atoms with Crippen molar-refractivity contribution in [2.24, 2.45) is 0 Å². The van der Waals surface area contributed by atoms with Gasteiger partial charge in [-0.2, -0.15) is 4.98 Å². The first-order chi connectivity index (χ1) is 9.72. The Morgan fingerprint density at radius 3 is 2.95 bits per heavy atom. The van der Waals surface area contributed by atoms with E-state index in [0.717, 1.165) is 4.88 Å². The summed E-state index contributed by atoms with van der Waals surface area (Å²) in [5.41, 5.74) is 0.214. The minimum absolute atomic E-state index is 0.210. The van der Waals surface area contributed by atoms with Gasteiger partial charge < -0.3 is 0 Å². The highest BCUT2D eigenvalue weighted by Crippen LogP contribution is 2.24. The van der Waals surface area contributed by atoms with Gasteiger partial charge >= 0.3 is 0 Å². The van der Waals surface area contributed by atoms with E-state index in [4.69, 9.17) is 0 Å². The molecular weight excluding hydrogens is 276 g/mol. The van der Waals surface area contributed by atoms with E-state index in [1.807, 2.05) is 19.1 Å². The maximum Gasteiger partial charge on any atom is 0.278 e. The SMILES string of the molecule is Cc1ccc(-c2nc(NC(=O)c3cnccn3)n[nH]2)s1. The molecule has 0 spiro atoms. The molecule has 0 atom stereocenters. The fourth-order valence-corrected chi connectivity index (χ4v) is 2.38. The summed E-state index contributed by atoms with van der Waals surface area (Å²) in [6.45, 7) is 2.02. The summed E-state index contributed by atoms with van der Waals surface area (Å²) in [6.07, 6.45) is 4.33. The molecule has 0 aromatic carbocycles. The van der Waals surface area contributed by atoms with Crippen LogP contribution in [0.15, 0.2) is 30.7 Å². The van der Waals surface area contributed by atoms with E-state index in [1.54, 1.807) is 11.3 Å². The average Bonchev–Trinajstić information content (AvgIpc) is 3.09. The number of carbonyl (C=O) groups excluding carboxylic acids is 1. The fraction of sp³-hybridized carbons (Fsp3) is 0.0833. The van der Waals surface area contributed by atoms with Gasteiger partial charge in [-0.05, 0) is 19.1 Å². The Kier molecular flexibility index (Phi) is 3.21. The highest BCUT2D eigenvalue weighted by molar-refractivity contribution is 7.15. The molecule has 3 aromatic heterocycles. The Hall–Kier alpha value is -2.61. The summed E-state index contributed by atoms with van der Waals surface area (Å²) >= 11 is 1.60. The molecule has 0 aliphatic heterocycles. The third kappa shape index (κ3) is 2.54. The van der Waals surface area contributed by atoms with Gasteiger partial charge in [0, 0.05) is 17.3 Å². The van der Waals surface area contributed by atoms with Crippen molar-refractivity contribution in [3.8, 4) is 10.7 Å². The Bertz CT molecular complexity index is 735. The molecule has 0 radical (unpaired) electrons. The van der Waals surface area contributed by atoms with Gasteiger partial charge in [0.2, 0.25) is 5.95 Å². The summed E-state index contributed by atoms with van der Waals surface area (Å²) < 4.78 is 0. The van der Waals surface area contributed by atoms with E-state index >= 15 is 0 Å². The molecule has 0 fully saturated rings. The lowest BCUT2D eigenvalue weighted by molar-refractivity contribution is 0.102. The van der Waals surface area contributed by atoms with Crippen molar-refractivity contribution in [1.29, 1.82) is 0 Å². The summed E-state index contributed by atoms with van der Waals surface area (Å²) in [4.78, 5) is 26.0. The van der Waals surface area contributed by atoms with Gasteiger partial charge in [-0.25, -0.2) is 4.98 Å². The first-order valence-electron chi connectivity index (χ1n) is 5.79. The highest BCUT2D eigenvalue weighted by atomic mass is 32.1. The number of nitrogens with zero attached hydrogens (tertiary/aromatic N) is 4. The van der Waals surface area contributed by atoms with Crippen LogP contribution in [0.25, 0.3) is 10.7 Å². The maximum absolute atomic E-state index is 11.9. The van der Waals surface area contributed by atoms with Gasteiger partial charge in [0.05, 0.1) is 11.1 Å². The summed E-state index contributed by atoms with van der Waals surface area (Å²) in [7, 11) is 0. The number of rotatable bonds is 3. The Morgan fingerprint density at radius 1 is 1.35 bits per heavy atom. The number of thiophene rings is 1. The van der Waals surface area contributed by atoms with Gasteiger partial charge in [0.1, 0.15) is 5.69 Å². The van der Waals surface area contributed by atoms with Crippen LogP contribution in [-0.4, -0.2) is 31.1 Å². The Balaban J connectivity index is 1.76. The van der Waals surface area contributed by atoms with Crippen LogP contribution in [0.1, 0.15) is 15.4 Å². The molecule has 7 nitrogen and oxygen atoms in total. The molecule has 2 N–H and O–H groups in total. The molecule has 0 saturated carbocycles. The number of carbonyl (C=O) groups is 1. The number of hydrogen-bond donors (Lipinski definition) is 2. The zero-order valence-corrected chi connectivity index (χ0v) is 11.3. The van der Waals surface area contributed by atoms with Crippen molar-refractivity contribution < 1.29 is 4.79 Å². The standard InChI is InChI=1S/C12H10N6OS/c1-7-2-3-9(20-7)10-15-12(18-17-10)16-11(19)8-6-13-4-5-14-8/h2-6H,1H3,(H2,15,16,17,18,19). The molecule has 20 heavy (non-hydrogen) atoms. The molecule has 8 heteroatoms. The van der Waals surface area contributed by atoms with Gasteiger partial charge in [-0.1, -0.05) is 0 Å². The van der Waals surface area contributed by atoms with Crippen molar-refractivity contribution >= 4 is 23.2 Å². The molecule has 1 amide bonds.